The number of nitrogens with one attached hydrogen (secondary N) is 1. The minimum absolute atomic E-state index is 0.0323. The molecule has 3 rings (SSSR count). The molecule has 1 aromatic rings. The number of hydrogen-bond donors (Lipinski definition) is 1. The number of amides is 1. The van der Waals surface area contributed by atoms with Gasteiger partial charge in [-0.1, -0.05) is 43.0 Å². The van der Waals surface area contributed by atoms with Crippen LogP contribution >= 0.6 is 11.6 Å². The third-order valence-corrected chi connectivity index (χ3v) is 5.03. The van der Waals surface area contributed by atoms with Gasteiger partial charge in [0.2, 0.25) is 5.91 Å². The quantitative estimate of drug-likeness (QED) is 0.918. The Morgan fingerprint density at radius 1 is 1.30 bits per heavy atom. The van der Waals surface area contributed by atoms with Gasteiger partial charge in [-0.25, -0.2) is 0 Å². The van der Waals surface area contributed by atoms with Gasteiger partial charge in [0.25, 0.3) is 0 Å². The minimum Gasteiger partial charge on any atom is -0.368 e. The standard InChI is InChI=1S/C18H25ClN2O2/c19-15-6-4-5-14(11-15)17-12-20-9-10-21(17)18(22)13-23-16-7-2-1-3-8-16/h4-6,11,16-17,20H,1-3,7-10,12-13H2. The SMILES string of the molecule is O=C(COC1CCCCC1)N1CCNCC1c1cccc(Cl)c1. The van der Waals surface area contributed by atoms with Crippen LogP contribution in [0, 0.1) is 0 Å². The van der Waals surface area contributed by atoms with Crippen molar-refractivity contribution in [2.45, 2.75) is 44.2 Å². The molecule has 0 spiro atoms. The predicted molar refractivity (Wildman–Crippen MR) is 91.6 cm³/mol. The van der Waals surface area contributed by atoms with E-state index in [2.05, 4.69) is 5.32 Å². The van der Waals surface area contributed by atoms with Crippen LogP contribution in [0.3, 0.4) is 0 Å². The van der Waals surface area contributed by atoms with Crippen molar-refractivity contribution in [1.29, 1.82) is 0 Å². The number of ether oxygens (including phenoxy) is 1. The number of rotatable bonds is 4. The highest BCUT2D eigenvalue weighted by molar-refractivity contribution is 6.30. The van der Waals surface area contributed by atoms with Crippen LogP contribution in [0.4, 0.5) is 0 Å². The number of piperazine rings is 1. The Labute approximate surface area is 143 Å². The smallest absolute Gasteiger partial charge is 0.249 e. The van der Waals surface area contributed by atoms with E-state index in [0.717, 1.165) is 31.5 Å². The summed E-state index contributed by atoms with van der Waals surface area (Å²) in [5.74, 6) is 0.0852. The molecule has 126 valence electrons. The highest BCUT2D eigenvalue weighted by Gasteiger charge is 2.28. The lowest BCUT2D eigenvalue weighted by Crippen LogP contribution is -2.50. The van der Waals surface area contributed by atoms with Gasteiger partial charge in [0, 0.05) is 24.7 Å². The zero-order valence-electron chi connectivity index (χ0n) is 13.5. The van der Waals surface area contributed by atoms with Crippen molar-refractivity contribution in [2.75, 3.05) is 26.2 Å². The summed E-state index contributed by atoms with van der Waals surface area (Å²) in [6, 6.07) is 7.81. The topological polar surface area (TPSA) is 41.6 Å². The molecule has 1 heterocycles. The second-order valence-corrected chi connectivity index (χ2v) is 6.87. The number of hydrogen-bond acceptors (Lipinski definition) is 3. The zero-order chi connectivity index (χ0) is 16.1. The molecule has 0 bridgehead atoms. The fourth-order valence-electron chi connectivity index (χ4n) is 3.52. The highest BCUT2D eigenvalue weighted by Crippen LogP contribution is 2.25. The highest BCUT2D eigenvalue weighted by atomic mass is 35.5. The summed E-state index contributed by atoms with van der Waals surface area (Å²) in [5.41, 5.74) is 1.08. The maximum absolute atomic E-state index is 12.6. The molecule has 1 aromatic carbocycles. The monoisotopic (exact) mass is 336 g/mol. The first kappa shape index (κ1) is 16.7. The molecule has 1 aliphatic heterocycles. The fourth-order valence-corrected chi connectivity index (χ4v) is 3.72. The van der Waals surface area contributed by atoms with Crippen molar-refractivity contribution >= 4 is 17.5 Å². The average molecular weight is 337 g/mol. The molecule has 4 nitrogen and oxygen atoms in total. The largest absolute Gasteiger partial charge is 0.368 e. The molecule has 2 fully saturated rings. The third-order valence-electron chi connectivity index (χ3n) is 4.79. The molecule has 1 aliphatic carbocycles. The van der Waals surface area contributed by atoms with Crippen LogP contribution in [0.1, 0.15) is 43.7 Å². The molecule has 1 unspecified atom stereocenters. The molecule has 1 saturated heterocycles. The molecular formula is C18H25ClN2O2. The zero-order valence-corrected chi connectivity index (χ0v) is 14.2. The second-order valence-electron chi connectivity index (χ2n) is 6.43. The Hall–Kier alpha value is -1.10. The number of carbonyl (C=O) groups is 1. The Kier molecular flexibility index (Phi) is 5.92. The maximum Gasteiger partial charge on any atom is 0.249 e. The van der Waals surface area contributed by atoms with Gasteiger partial charge in [0.05, 0.1) is 12.1 Å². The minimum atomic E-state index is 0.0323. The van der Waals surface area contributed by atoms with Crippen molar-refractivity contribution in [3.05, 3.63) is 34.9 Å². The summed E-state index contributed by atoms with van der Waals surface area (Å²) >= 11 is 6.11. The fraction of sp³-hybridized carbons (Fsp3) is 0.611. The maximum atomic E-state index is 12.6. The lowest BCUT2D eigenvalue weighted by atomic mass is 9.98. The molecular weight excluding hydrogens is 312 g/mol. The molecule has 0 radical (unpaired) electrons. The second kappa shape index (κ2) is 8.13. The van der Waals surface area contributed by atoms with Gasteiger partial charge < -0.3 is 15.0 Å². The van der Waals surface area contributed by atoms with E-state index in [0.29, 0.717) is 11.6 Å². The number of halogens is 1. The molecule has 5 heteroatoms. The predicted octanol–water partition coefficient (Wildman–Crippen LogP) is 3.16. The Morgan fingerprint density at radius 3 is 2.91 bits per heavy atom. The summed E-state index contributed by atoms with van der Waals surface area (Å²) in [6.45, 7) is 2.49. The van der Waals surface area contributed by atoms with E-state index < -0.39 is 0 Å². The van der Waals surface area contributed by atoms with Gasteiger partial charge in [-0.3, -0.25) is 4.79 Å². The van der Waals surface area contributed by atoms with Crippen molar-refractivity contribution in [3.63, 3.8) is 0 Å². The van der Waals surface area contributed by atoms with Crippen molar-refractivity contribution in [3.8, 4) is 0 Å². The lowest BCUT2D eigenvalue weighted by Gasteiger charge is -2.37. The van der Waals surface area contributed by atoms with E-state index in [-0.39, 0.29) is 24.7 Å². The Balaban J connectivity index is 1.62. The van der Waals surface area contributed by atoms with Crippen molar-refractivity contribution in [1.82, 2.24) is 10.2 Å². The molecule has 1 N–H and O–H groups in total. The third kappa shape index (κ3) is 4.46. The van der Waals surface area contributed by atoms with E-state index >= 15 is 0 Å². The van der Waals surface area contributed by atoms with Gasteiger partial charge >= 0.3 is 0 Å². The molecule has 1 amide bonds. The van der Waals surface area contributed by atoms with E-state index in [4.69, 9.17) is 16.3 Å². The molecule has 0 aromatic heterocycles. The van der Waals surface area contributed by atoms with Crippen LogP contribution in [0.2, 0.25) is 5.02 Å². The van der Waals surface area contributed by atoms with E-state index in [1.165, 1.54) is 19.3 Å². The van der Waals surface area contributed by atoms with Gasteiger partial charge in [-0.05, 0) is 30.5 Å². The first-order chi connectivity index (χ1) is 11.2. The molecule has 1 saturated carbocycles. The number of nitrogens with zero attached hydrogens (tertiary/aromatic N) is 1. The number of carbonyl (C=O) groups excluding carboxylic acids is 1. The summed E-state index contributed by atoms with van der Waals surface area (Å²) < 4.78 is 5.87. The summed E-state index contributed by atoms with van der Waals surface area (Å²) in [5, 5.41) is 4.07. The van der Waals surface area contributed by atoms with Crippen LogP contribution in [0.5, 0.6) is 0 Å². The van der Waals surface area contributed by atoms with Gasteiger partial charge in [0.1, 0.15) is 6.61 Å². The average Bonchev–Trinajstić information content (AvgIpc) is 2.60. The normalized spacial score (nSPS) is 23.0. The number of benzene rings is 1. The molecule has 2 aliphatic rings. The van der Waals surface area contributed by atoms with E-state index in [9.17, 15) is 4.79 Å². The van der Waals surface area contributed by atoms with Crippen LogP contribution in [0.25, 0.3) is 0 Å². The Morgan fingerprint density at radius 2 is 2.13 bits per heavy atom. The molecule has 1 atom stereocenters. The summed E-state index contributed by atoms with van der Waals surface area (Å²) in [6.07, 6.45) is 6.18. The van der Waals surface area contributed by atoms with Crippen molar-refractivity contribution in [2.24, 2.45) is 0 Å². The van der Waals surface area contributed by atoms with E-state index in [1.54, 1.807) is 0 Å². The first-order valence-electron chi connectivity index (χ1n) is 8.61. The van der Waals surface area contributed by atoms with Gasteiger partial charge in [-0.2, -0.15) is 0 Å². The van der Waals surface area contributed by atoms with Gasteiger partial charge in [0.15, 0.2) is 0 Å². The lowest BCUT2D eigenvalue weighted by molar-refractivity contribution is -0.142. The summed E-state index contributed by atoms with van der Waals surface area (Å²) in [4.78, 5) is 14.6. The Bertz CT molecular complexity index is 532. The van der Waals surface area contributed by atoms with E-state index in [1.807, 2.05) is 29.2 Å². The van der Waals surface area contributed by atoms with Gasteiger partial charge in [-0.15, -0.1) is 0 Å². The van der Waals surface area contributed by atoms with Crippen molar-refractivity contribution < 1.29 is 9.53 Å². The van der Waals surface area contributed by atoms with Crippen LogP contribution in [0.15, 0.2) is 24.3 Å². The van der Waals surface area contributed by atoms with Crippen LogP contribution < -0.4 is 5.32 Å². The summed E-state index contributed by atoms with van der Waals surface area (Å²) in [7, 11) is 0. The van der Waals surface area contributed by atoms with Crippen LogP contribution in [-0.2, 0) is 9.53 Å². The first-order valence-corrected chi connectivity index (χ1v) is 8.99. The molecule has 23 heavy (non-hydrogen) atoms. The van der Waals surface area contributed by atoms with Crippen LogP contribution in [-0.4, -0.2) is 43.2 Å².